The average Bonchev–Trinajstić information content (AvgIpc) is 2.96. The minimum atomic E-state index is 0. The summed E-state index contributed by atoms with van der Waals surface area (Å²) >= 11 is 0. The van der Waals surface area contributed by atoms with Crippen molar-refractivity contribution in [3.8, 4) is 0 Å². The van der Waals surface area contributed by atoms with Gasteiger partial charge in [0.15, 0.2) is 11.8 Å². The lowest BCUT2D eigenvalue weighted by molar-refractivity contribution is 0.203. The number of aromatic nitrogens is 2. The van der Waals surface area contributed by atoms with Crippen LogP contribution in [0.15, 0.2) is 9.52 Å². The summed E-state index contributed by atoms with van der Waals surface area (Å²) in [6.45, 7) is 8.11. The number of unbranched alkanes of at least 4 members (excludes halogenated alkanes) is 1. The summed E-state index contributed by atoms with van der Waals surface area (Å²) in [5.41, 5.74) is 0. The predicted octanol–water partition coefficient (Wildman–Crippen LogP) is 1.93. The molecule has 1 aromatic heterocycles. The van der Waals surface area contributed by atoms with Crippen molar-refractivity contribution >= 4 is 29.9 Å². The van der Waals surface area contributed by atoms with Gasteiger partial charge in [0.05, 0.1) is 6.54 Å². The molecule has 2 rings (SSSR count). The highest BCUT2D eigenvalue weighted by atomic mass is 127. The van der Waals surface area contributed by atoms with Gasteiger partial charge < -0.3 is 20.1 Å². The lowest BCUT2D eigenvalue weighted by atomic mass is 10.0. The van der Waals surface area contributed by atoms with Gasteiger partial charge >= 0.3 is 0 Å². The first-order valence-corrected chi connectivity index (χ1v) is 8.20. The number of nitrogens with zero attached hydrogens (tertiary/aromatic N) is 4. The maximum Gasteiger partial charge on any atom is 0.223 e. The Kier molecular flexibility index (Phi) is 9.46. The van der Waals surface area contributed by atoms with Gasteiger partial charge in [-0.2, -0.15) is 4.98 Å². The second-order valence-electron chi connectivity index (χ2n) is 5.77. The van der Waals surface area contributed by atoms with Crippen molar-refractivity contribution < 1.29 is 4.52 Å². The molecule has 1 aromatic rings. The summed E-state index contributed by atoms with van der Waals surface area (Å²) in [4.78, 5) is 11.0. The van der Waals surface area contributed by atoms with Crippen molar-refractivity contribution in [3.05, 3.63) is 11.7 Å². The van der Waals surface area contributed by atoms with E-state index in [2.05, 4.69) is 37.6 Å². The van der Waals surface area contributed by atoms with Crippen LogP contribution in [0.4, 0.5) is 0 Å². The summed E-state index contributed by atoms with van der Waals surface area (Å²) in [6, 6.07) is 0.482. The Labute approximate surface area is 155 Å². The van der Waals surface area contributed by atoms with Crippen molar-refractivity contribution in [2.24, 2.45) is 4.99 Å². The number of likely N-dealkylation sites (tertiary alicyclic amines) is 1. The van der Waals surface area contributed by atoms with E-state index < -0.39 is 0 Å². The van der Waals surface area contributed by atoms with Crippen LogP contribution in [0.5, 0.6) is 0 Å². The molecule has 0 atom stereocenters. The van der Waals surface area contributed by atoms with Crippen molar-refractivity contribution in [3.63, 3.8) is 0 Å². The number of piperidine rings is 1. The molecule has 0 radical (unpaired) electrons. The van der Waals surface area contributed by atoms with Gasteiger partial charge in [-0.25, -0.2) is 0 Å². The summed E-state index contributed by atoms with van der Waals surface area (Å²) in [7, 11) is 1.78. The molecule has 7 nitrogen and oxygen atoms in total. The van der Waals surface area contributed by atoms with Crippen LogP contribution in [0.25, 0.3) is 0 Å². The zero-order valence-corrected chi connectivity index (χ0v) is 16.7. The van der Waals surface area contributed by atoms with Crippen molar-refractivity contribution in [2.75, 3.05) is 26.7 Å². The molecule has 0 saturated carbocycles. The largest absolute Gasteiger partial charge is 0.354 e. The molecule has 0 aliphatic carbocycles. The maximum absolute atomic E-state index is 4.96. The molecule has 0 bridgehead atoms. The van der Waals surface area contributed by atoms with Crippen molar-refractivity contribution in [1.29, 1.82) is 0 Å². The van der Waals surface area contributed by atoms with Crippen LogP contribution >= 0.6 is 24.0 Å². The number of hydrogen-bond donors (Lipinski definition) is 2. The van der Waals surface area contributed by atoms with E-state index in [9.17, 15) is 0 Å². The normalized spacial score (nSPS) is 16.9. The van der Waals surface area contributed by atoms with Crippen LogP contribution in [-0.2, 0) is 6.54 Å². The second kappa shape index (κ2) is 10.8. The maximum atomic E-state index is 4.96. The summed E-state index contributed by atoms with van der Waals surface area (Å²) in [5, 5.41) is 10.6. The minimum Gasteiger partial charge on any atom is -0.354 e. The van der Waals surface area contributed by atoms with Gasteiger partial charge in [-0.05, 0) is 25.8 Å². The monoisotopic (exact) mass is 436 g/mol. The van der Waals surface area contributed by atoms with Gasteiger partial charge in [0.2, 0.25) is 5.89 Å². The van der Waals surface area contributed by atoms with E-state index in [1.54, 1.807) is 14.0 Å². The Hall–Kier alpha value is -0.900. The number of halogens is 1. The second-order valence-corrected chi connectivity index (χ2v) is 5.77. The van der Waals surface area contributed by atoms with Gasteiger partial charge in [-0.15, -0.1) is 24.0 Å². The van der Waals surface area contributed by atoms with E-state index in [0.717, 1.165) is 18.8 Å². The number of hydrogen-bond acceptors (Lipinski definition) is 5. The predicted molar refractivity (Wildman–Crippen MR) is 102 cm³/mol. The van der Waals surface area contributed by atoms with E-state index in [1.807, 2.05) is 0 Å². The lowest BCUT2D eigenvalue weighted by Crippen LogP contribution is -2.48. The highest BCUT2D eigenvalue weighted by molar-refractivity contribution is 14.0. The van der Waals surface area contributed by atoms with E-state index in [1.165, 1.54) is 32.5 Å². The van der Waals surface area contributed by atoms with Gasteiger partial charge in [0.1, 0.15) is 0 Å². The topological polar surface area (TPSA) is 78.6 Å². The SMILES string of the molecule is CCCCN1CCC(NC(=NC)NCc2noc(C)n2)CC1.I. The highest BCUT2D eigenvalue weighted by Gasteiger charge is 2.19. The van der Waals surface area contributed by atoms with Crippen LogP contribution in [0.1, 0.15) is 44.3 Å². The molecule has 1 aliphatic heterocycles. The first-order chi connectivity index (χ1) is 10.7. The molecule has 0 unspecified atom stereocenters. The molecule has 1 aliphatic rings. The highest BCUT2D eigenvalue weighted by Crippen LogP contribution is 2.11. The van der Waals surface area contributed by atoms with E-state index >= 15 is 0 Å². The fourth-order valence-corrected chi connectivity index (χ4v) is 2.65. The molecule has 0 spiro atoms. The standard InChI is InChI=1S/C15H28N6O.HI/c1-4-5-8-21-9-6-13(7-10-21)19-15(16-3)17-11-14-18-12(2)22-20-14;/h13H,4-11H2,1-3H3,(H2,16,17,19);1H. The number of guanidine groups is 1. The third kappa shape index (κ3) is 7.03. The third-order valence-electron chi connectivity index (χ3n) is 3.96. The molecule has 23 heavy (non-hydrogen) atoms. The van der Waals surface area contributed by atoms with Crippen LogP contribution < -0.4 is 10.6 Å². The van der Waals surface area contributed by atoms with E-state index in [0.29, 0.717) is 24.3 Å². The zero-order valence-electron chi connectivity index (χ0n) is 14.3. The third-order valence-corrected chi connectivity index (χ3v) is 3.96. The van der Waals surface area contributed by atoms with Gasteiger partial charge in [-0.3, -0.25) is 4.99 Å². The molecule has 132 valence electrons. The Morgan fingerprint density at radius 2 is 2.13 bits per heavy atom. The van der Waals surface area contributed by atoms with Crippen LogP contribution in [-0.4, -0.2) is 53.7 Å². The Morgan fingerprint density at radius 1 is 1.39 bits per heavy atom. The number of rotatable bonds is 6. The van der Waals surface area contributed by atoms with Crippen molar-refractivity contribution in [2.45, 2.75) is 52.1 Å². The molecule has 1 saturated heterocycles. The van der Waals surface area contributed by atoms with Crippen LogP contribution in [0, 0.1) is 6.92 Å². The summed E-state index contributed by atoms with van der Waals surface area (Å²) in [6.07, 6.45) is 4.88. The molecule has 1 fully saturated rings. The molecular formula is C15H29IN6O. The number of aryl methyl sites for hydroxylation is 1. The zero-order chi connectivity index (χ0) is 15.8. The fourth-order valence-electron chi connectivity index (χ4n) is 2.65. The van der Waals surface area contributed by atoms with E-state index in [4.69, 9.17) is 4.52 Å². The molecule has 2 heterocycles. The van der Waals surface area contributed by atoms with Gasteiger partial charge in [0.25, 0.3) is 0 Å². The van der Waals surface area contributed by atoms with Crippen molar-refractivity contribution in [1.82, 2.24) is 25.7 Å². The van der Waals surface area contributed by atoms with E-state index in [-0.39, 0.29) is 24.0 Å². The molecule has 2 N–H and O–H groups in total. The molecule has 8 heteroatoms. The molecule has 0 aromatic carbocycles. The van der Waals surface area contributed by atoms with Crippen LogP contribution in [0.2, 0.25) is 0 Å². The summed E-state index contributed by atoms with van der Waals surface area (Å²) in [5.74, 6) is 2.03. The summed E-state index contributed by atoms with van der Waals surface area (Å²) < 4.78 is 4.96. The number of nitrogens with one attached hydrogen (secondary N) is 2. The average molecular weight is 436 g/mol. The minimum absolute atomic E-state index is 0. The number of aliphatic imine (C=N–C) groups is 1. The smallest absolute Gasteiger partial charge is 0.223 e. The first kappa shape index (κ1) is 20.1. The Bertz CT molecular complexity index is 470. The molecular weight excluding hydrogens is 407 g/mol. The van der Waals surface area contributed by atoms with Gasteiger partial charge in [0, 0.05) is 33.1 Å². The van der Waals surface area contributed by atoms with Crippen LogP contribution in [0.3, 0.4) is 0 Å². The van der Waals surface area contributed by atoms with Gasteiger partial charge in [-0.1, -0.05) is 18.5 Å². The fraction of sp³-hybridized carbons (Fsp3) is 0.800. The Balaban J connectivity index is 0.00000264. The quantitative estimate of drug-likeness (QED) is 0.403. The lowest BCUT2D eigenvalue weighted by Gasteiger charge is -2.33. The first-order valence-electron chi connectivity index (χ1n) is 8.20. The Morgan fingerprint density at radius 3 is 2.70 bits per heavy atom. The molecule has 0 amide bonds.